The van der Waals surface area contributed by atoms with Crippen LogP contribution in [0.2, 0.25) is 5.02 Å². The number of rotatable bonds is 8. The number of hydrogen-bond acceptors (Lipinski definition) is 5. The maximum Gasteiger partial charge on any atom is 0.246 e. The van der Waals surface area contributed by atoms with Crippen LogP contribution in [0.15, 0.2) is 23.4 Å². The molecule has 0 amide bonds. The molecule has 0 fully saturated rings. The Balaban J connectivity index is 2.82. The van der Waals surface area contributed by atoms with E-state index < -0.39 is 10.0 Å². The fourth-order valence-electron chi connectivity index (χ4n) is 1.47. The highest BCUT2D eigenvalue weighted by Crippen LogP contribution is 2.22. The van der Waals surface area contributed by atoms with Crippen LogP contribution in [0.3, 0.4) is 0 Å². The number of likely N-dealkylation sites (N-methyl/N-ethyl adjacent to an activating group) is 1. The summed E-state index contributed by atoms with van der Waals surface area (Å²) in [5.41, 5.74) is 0. The monoisotopic (exact) mass is 308 g/mol. The third-order valence-corrected chi connectivity index (χ3v) is 4.87. The van der Waals surface area contributed by atoms with Crippen molar-refractivity contribution in [3.05, 3.63) is 23.5 Å². The summed E-state index contributed by atoms with van der Waals surface area (Å²) in [6.07, 6.45) is 2.66. The van der Waals surface area contributed by atoms with Crippen molar-refractivity contribution < 1.29 is 18.3 Å². The first-order valence-electron chi connectivity index (χ1n) is 5.82. The Bertz CT molecular complexity index is 495. The van der Waals surface area contributed by atoms with E-state index in [1.807, 2.05) is 0 Å². The van der Waals surface area contributed by atoms with Crippen molar-refractivity contribution in [1.29, 1.82) is 0 Å². The number of ether oxygens (including phenoxy) is 1. The molecule has 1 aromatic heterocycles. The van der Waals surface area contributed by atoms with Gasteiger partial charge in [-0.15, -0.1) is 0 Å². The summed E-state index contributed by atoms with van der Waals surface area (Å²) in [7, 11) is -3.67. The van der Waals surface area contributed by atoms with Gasteiger partial charge in [-0.25, -0.2) is 8.42 Å². The predicted octanol–water partition coefficient (Wildman–Crippen LogP) is 0.754. The third kappa shape index (κ3) is 4.39. The molecule has 0 saturated carbocycles. The lowest BCUT2D eigenvalue weighted by molar-refractivity contribution is 0.0860. The lowest BCUT2D eigenvalue weighted by Gasteiger charge is -2.20. The van der Waals surface area contributed by atoms with Gasteiger partial charge in [0.1, 0.15) is 4.90 Å². The average Bonchev–Trinajstić information content (AvgIpc) is 2.39. The molecule has 6 nitrogen and oxygen atoms in total. The summed E-state index contributed by atoms with van der Waals surface area (Å²) in [4.78, 5) is 3.77. The maximum atomic E-state index is 12.3. The van der Waals surface area contributed by atoms with Crippen molar-refractivity contribution in [2.75, 3.05) is 32.9 Å². The SMILES string of the molecule is CCN(CCOCCO)S(=O)(=O)c1cnccc1Cl. The van der Waals surface area contributed by atoms with Gasteiger partial charge in [0, 0.05) is 25.5 Å². The van der Waals surface area contributed by atoms with Crippen LogP contribution >= 0.6 is 11.6 Å². The molecule has 0 atom stereocenters. The number of aliphatic hydroxyl groups excluding tert-OH is 1. The van der Waals surface area contributed by atoms with Gasteiger partial charge < -0.3 is 9.84 Å². The molecule has 1 rings (SSSR count). The average molecular weight is 309 g/mol. The highest BCUT2D eigenvalue weighted by molar-refractivity contribution is 7.89. The van der Waals surface area contributed by atoms with Crippen LogP contribution in [0.1, 0.15) is 6.92 Å². The van der Waals surface area contributed by atoms with E-state index in [1.165, 1.54) is 22.8 Å². The summed E-state index contributed by atoms with van der Waals surface area (Å²) in [6, 6.07) is 1.44. The molecule has 1 N–H and O–H groups in total. The number of sulfonamides is 1. The topological polar surface area (TPSA) is 79.7 Å². The van der Waals surface area contributed by atoms with Gasteiger partial charge in [0.2, 0.25) is 10.0 Å². The third-order valence-electron chi connectivity index (χ3n) is 2.43. The van der Waals surface area contributed by atoms with Gasteiger partial charge in [-0.2, -0.15) is 4.31 Å². The fourth-order valence-corrected chi connectivity index (χ4v) is 3.31. The lowest BCUT2D eigenvalue weighted by Crippen LogP contribution is -2.34. The highest BCUT2D eigenvalue weighted by Gasteiger charge is 2.25. The van der Waals surface area contributed by atoms with Crippen molar-refractivity contribution in [2.24, 2.45) is 0 Å². The highest BCUT2D eigenvalue weighted by atomic mass is 35.5. The first-order chi connectivity index (χ1) is 9.04. The number of hydrogen-bond donors (Lipinski definition) is 1. The standard InChI is InChI=1S/C11H17ClN2O4S/c1-2-14(5-7-18-8-6-15)19(16,17)11-9-13-4-3-10(11)12/h3-4,9,15H,2,5-8H2,1H3. The van der Waals surface area contributed by atoms with Crippen LogP contribution in [0.4, 0.5) is 0 Å². The van der Waals surface area contributed by atoms with Crippen LogP contribution in [0.25, 0.3) is 0 Å². The normalized spacial score (nSPS) is 12.0. The molecule has 0 aliphatic heterocycles. The van der Waals surface area contributed by atoms with Gasteiger partial charge in [-0.3, -0.25) is 4.98 Å². The van der Waals surface area contributed by atoms with Gasteiger partial charge in [-0.1, -0.05) is 18.5 Å². The molecular weight excluding hydrogens is 292 g/mol. The number of aliphatic hydroxyl groups is 1. The zero-order valence-corrected chi connectivity index (χ0v) is 12.2. The fraction of sp³-hybridized carbons (Fsp3) is 0.545. The van der Waals surface area contributed by atoms with E-state index in [9.17, 15) is 8.42 Å². The zero-order chi connectivity index (χ0) is 14.3. The Morgan fingerprint density at radius 1 is 1.47 bits per heavy atom. The molecule has 0 aliphatic rings. The molecule has 0 aromatic carbocycles. The molecule has 108 valence electrons. The predicted molar refractivity (Wildman–Crippen MR) is 71.6 cm³/mol. The second-order valence-electron chi connectivity index (χ2n) is 3.64. The first kappa shape index (κ1) is 16.3. The minimum Gasteiger partial charge on any atom is -0.394 e. The summed E-state index contributed by atoms with van der Waals surface area (Å²) in [5, 5.41) is 8.72. The summed E-state index contributed by atoms with van der Waals surface area (Å²) in [6.45, 7) is 2.54. The van der Waals surface area contributed by atoms with Crippen LogP contribution in [-0.4, -0.2) is 55.7 Å². The van der Waals surface area contributed by atoms with E-state index in [4.69, 9.17) is 21.4 Å². The molecule has 1 heterocycles. The minimum atomic E-state index is -3.67. The second-order valence-corrected chi connectivity index (χ2v) is 5.95. The summed E-state index contributed by atoms with van der Waals surface area (Å²) >= 11 is 5.88. The summed E-state index contributed by atoms with van der Waals surface area (Å²) in [5.74, 6) is 0. The van der Waals surface area contributed by atoms with Crippen LogP contribution in [0, 0.1) is 0 Å². The molecule has 0 unspecified atom stereocenters. The number of pyridine rings is 1. The van der Waals surface area contributed by atoms with E-state index in [-0.39, 0.29) is 36.3 Å². The quantitative estimate of drug-likeness (QED) is 0.717. The maximum absolute atomic E-state index is 12.3. The Morgan fingerprint density at radius 3 is 2.79 bits per heavy atom. The molecule has 8 heteroatoms. The van der Waals surface area contributed by atoms with Crippen LogP contribution in [0.5, 0.6) is 0 Å². The zero-order valence-electron chi connectivity index (χ0n) is 10.6. The van der Waals surface area contributed by atoms with Gasteiger partial charge in [0.15, 0.2) is 0 Å². The van der Waals surface area contributed by atoms with E-state index in [0.29, 0.717) is 6.54 Å². The van der Waals surface area contributed by atoms with Crippen molar-refractivity contribution >= 4 is 21.6 Å². The molecular formula is C11H17ClN2O4S. The number of halogens is 1. The van der Waals surface area contributed by atoms with Gasteiger partial charge in [-0.05, 0) is 6.07 Å². The molecule has 1 aromatic rings. The Kier molecular flexibility index (Phi) is 6.67. The lowest BCUT2D eigenvalue weighted by atomic mass is 10.5. The van der Waals surface area contributed by atoms with Crippen LogP contribution < -0.4 is 0 Å². The van der Waals surface area contributed by atoms with Crippen LogP contribution in [-0.2, 0) is 14.8 Å². The molecule has 0 spiro atoms. The molecule has 0 saturated heterocycles. The van der Waals surface area contributed by atoms with E-state index in [0.717, 1.165) is 0 Å². The smallest absolute Gasteiger partial charge is 0.246 e. The largest absolute Gasteiger partial charge is 0.394 e. The van der Waals surface area contributed by atoms with Crippen molar-refractivity contribution in [2.45, 2.75) is 11.8 Å². The minimum absolute atomic E-state index is 0.0133. The van der Waals surface area contributed by atoms with Gasteiger partial charge in [0.05, 0.1) is 24.8 Å². The van der Waals surface area contributed by atoms with Gasteiger partial charge in [0.25, 0.3) is 0 Å². The molecule has 0 aliphatic carbocycles. The first-order valence-corrected chi connectivity index (χ1v) is 7.64. The Morgan fingerprint density at radius 2 is 2.21 bits per heavy atom. The molecule has 19 heavy (non-hydrogen) atoms. The van der Waals surface area contributed by atoms with E-state index in [2.05, 4.69) is 4.98 Å². The Hall–Kier alpha value is -0.730. The Labute approximate surface area is 118 Å². The van der Waals surface area contributed by atoms with Crippen molar-refractivity contribution in [3.8, 4) is 0 Å². The van der Waals surface area contributed by atoms with E-state index in [1.54, 1.807) is 6.92 Å². The second kappa shape index (κ2) is 7.76. The summed E-state index contributed by atoms with van der Waals surface area (Å²) < 4.78 is 31.0. The van der Waals surface area contributed by atoms with Crippen molar-refractivity contribution in [3.63, 3.8) is 0 Å². The number of aromatic nitrogens is 1. The molecule has 0 bridgehead atoms. The van der Waals surface area contributed by atoms with Crippen molar-refractivity contribution in [1.82, 2.24) is 9.29 Å². The number of nitrogens with zero attached hydrogens (tertiary/aromatic N) is 2. The molecule has 0 radical (unpaired) electrons. The van der Waals surface area contributed by atoms with Gasteiger partial charge >= 0.3 is 0 Å². The van der Waals surface area contributed by atoms with E-state index >= 15 is 0 Å².